The maximum atomic E-state index is 12.5. The molecule has 0 aliphatic rings. The first kappa shape index (κ1) is 16.7. The summed E-state index contributed by atoms with van der Waals surface area (Å²) in [6.45, 7) is 0. The third kappa shape index (κ3) is 4.39. The van der Waals surface area contributed by atoms with E-state index in [0.29, 0.717) is 11.3 Å². The summed E-state index contributed by atoms with van der Waals surface area (Å²) in [5, 5.41) is 9.14. The molecule has 1 unspecified atom stereocenters. The molecule has 0 radical (unpaired) electrons. The van der Waals surface area contributed by atoms with Crippen LogP contribution in [0, 0.1) is 11.3 Å². The number of nitriles is 1. The van der Waals surface area contributed by atoms with E-state index in [1.165, 1.54) is 18.3 Å². The molecular formula is C17H13F3N2O. The van der Waals surface area contributed by atoms with E-state index in [1.54, 1.807) is 18.2 Å². The van der Waals surface area contributed by atoms with Crippen molar-refractivity contribution in [2.24, 2.45) is 0 Å². The van der Waals surface area contributed by atoms with Gasteiger partial charge in [0.05, 0.1) is 17.3 Å². The van der Waals surface area contributed by atoms with Crippen LogP contribution in [0.3, 0.4) is 0 Å². The molecular weight excluding hydrogens is 305 g/mol. The summed E-state index contributed by atoms with van der Waals surface area (Å²) in [6, 6.07) is 11.6. The van der Waals surface area contributed by atoms with E-state index in [1.807, 2.05) is 6.07 Å². The SMILES string of the molecule is N#CC(C(=O)CCc1ccc(C(F)(F)F)cc1)c1ccccn1. The van der Waals surface area contributed by atoms with E-state index in [-0.39, 0.29) is 18.6 Å². The Morgan fingerprint density at radius 2 is 1.87 bits per heavy atom. The number of halogens is 3. The van der Waals surface area contributed by atoms with Crippen molar-refractivity contribution >= 4 is 5.78 Å². The van der Waals surface area contributed by atoms with Crippen molar-refractivity contribution in [2.75, 3.05) is 0 Å². The number of pyridine rings is 1. The second kappa shape index (κ2) is 7.05. The lowest BCUT2D eigenvalue weighted by Crippen LogP contribution is -2.13. The van der Waals surface area contributed by atoms with Gasteiger partial charge in [0.2, 0.25) is 0 Å². The lowest BCUT2D eigenvalue weighted by atomic mass is 9.95. The van der Waals surface area contributed by atoms with Gasteiger partial charge in [-0.2, -0.15) is 18.4 Å². The Hall–Kier alpha value is -2.68. The molecule has 0 fully saturated rings. The summed E-state index contributed by atoms with van der Waals surface area (Å²) in [7, 11) is 0. The van der Waals surface area contributed by atoms with Crippen LogP contribution in [-0.4, -0.2) is 10.8 Å². The molecule has 0 saturated heterocycles. The lowest BCUT2D eigenvalue weighted by molar-refractivity contribution is -0.137. The summed E-state index contributed by atoms with van der Waals surface area (Å²) >= 11 is 0. The van der Waals surface area contributed by atoms with Crippen molar-refractivity contribution in [1.82, 2.24) is 4.98 Å². The highest BCUT2D eigenvalue weighted by atomic mass is 19.4. The third-order valence-corrected chi connectivity index (χ3v) is 3.38. The van der Waals surface area contributed by atoms with Crippen LogP contribution >= 0.6 is 0 Å². The van der Waals surface area contributed by atoms with Gasteiger partial charge in [0, 0.05) is 12.6 Å². The lowest BCUT2D eigenvalue weighted by Gasteiger charge is -2.09. The average Bonchev–Trinajstić information content (AvgIpc) is 2.54. The number of alkyl halides is 3. The molecule has 1 aromatic carbocycles. The van der Waals surface area contributed by atoms with Crippen LogP contribution < -0.4 is 0 Å². The zero-order valence-corrected chi connectivity index (χ0v) is 12.0. The normalized spacial score (nSPS) is 12.4. The minimum absolute atomic E-state index is 0.0696. The molecule has 0 spiro atoms. The van der Waals surface area contributed by atoms with Gasteiger partial charge in [0.15, 0.2) is 5.78 Å². The number of ketones is 1. The smallest absolute Gasteiger partial charge is 0.298 e. The van der Waals surface area contributed by atoms with E-state index in [2.05, 4.69) is 4.98 Å². The highest BCUT2D eigenvalue weighted by molar-refractivity contribution is 5.88. The molecule has 0 aliphatic carbocycles. The van der Waals surface area contributed by atoms with Crippen molar-refractivity contribution in [3.63, 3.8) is 0 Å². The summed E-state index contributed by atoms with van der Waals surface area (Å²) < 4.78 is 37.4. The van der Waals surface area contributed by atoms with E-state index >= 15 is 0 Å². The van der Waals surface area contributed by atoms with Gasteiger partial charge in [-0.3, -0.25) is 9.78 Å². The maximum Gasteiger partial charge on any atom is 0.416 e. The van der Waals surface area contributed by atoms with Gasteiger partial charge in [-0.05, 0) is 36.2 Å². The number of nitrogens with zero attached hydrogens (tertiary/aromatic N) is 2. The van der Waals surface area contributed by atoms with Gasteiger partial charge < -0.3 is 0 Å². The average molecular weight is 318 g/mol. The van der Waals surface area contributed by atoms with Crippen LogP contribution in [0.15, 0.2) is 48.7 Å². The number of carbonyl (C=O) groups is 1. The molecule has 0 saturated carbocycles. The standard InChI is InChI=1S/C17H13F3N2O/c18-17(19,20)13-7-4-12(5-8-13)6-9-16(23)14(11-21)15-3-1-2-10-22-15/h1-5,7-8,10,14H,6,9H2. The van der Waals surface area contributed by atoms with Gasteiger partial charge in [-0.15, -0.1) is 0 Å². The van der Waals surface area contributed by atoms with Crippen molar-refractivity contribution in [3.05, 3.63) is 65.5 Å². The Balaban J connectivity index is 2.00. The Labute approximate surface area is 131 Å². The minimum atomic E-state index is -4.38. The first-order chi connectivity index (χ1) is 10.9. The number of aryl methyl sites for hydroxylation is 1. The monoisotopic (exact) mass is 318 g/mol. The largest absolute Gasteiger partial charge is 0.416 e. The second-order valence-electron chi connectivity index (χ2n) is 4.98. The van der Waals surface area contributed by atoms with E-state index in [9.17, 15) is 18.0 Å². The fourth-order valence-corrected chi connectivity index (χ4v) is 2.12. The number of rotatable bonds is 5. The minimum Gasteiger partial charge on any atom is -0.298 e. The predicted octanol–water partition coefficient (Wildman–Crippen LogP) is 3.91. The first-order valence-electron chi connectivity index (χ1n) is 6.91. The second-order valence-corrected chi connectivity index (χ2v) is 4.98. The molecule has 118 valence electrons. The van der Waals surface area contributed by atoms with Crippen LogP contribution in [-0.2, 0) is 17.4 Å². The van der Waals surface area contributed by atoms with E-state index in [0.717, 1.165) is 12.1 Å². The van der Waals surface area contributed by atoms with Crippen LogP contribution in [0.5, 0.6) is 0 Å². The Morgan fingerprint density at radius 3 is 2.39 bits per heavy atom. The summed E-state index contributed by atoms with van der Waals surface area (Å²) in [5.74, 6) is -1.25. The highest BCUT2D eigenvalue weighted by Gasteiger charge is 2.30. The summed E-state index contributed by atoms with van der Waals surface area (Å²) in [4.78, 5) is 16.1. The van der Waals surface area contributed by atoms with Crippen molar-refractivity contribution in [1.29, 1.82) is 5.26 Å². The molecule has 1 aromatic heterocycles. The van der Waals surface area contributed by atoms with Crippen LogP contribution in [0.2, 0.25) is 0 Å². The fourth-order valence-electron chi connectivity index (χ4n) is 2.12. The molecule has 3 nitrogen and oxygen atoms in total. The van der Waals surface area contributed by atoms with Gasteiger partial charge in [0.1, 0.15) is 5.92 Å². The predicted molar refractivity (Wildman–Crippen MR) is 77.4 cm³/mol. The first-order valence-corrected chi connectivity index (χ1v) is 6.91. The number of carbonyl (C=O) groups excluding carboxylic acids is 1. The van der Waals surface area contributed by atoms with E-state index in [4.69, 9.17) is 5.26 Å². The number of benzene rings is 1. The Morgan fingerprint density at radius 1 is 1.17 bits per heavy atom. The fraction of sp³-hybridized carbons (Fsp3) is 0.235. The Bertz CT molecular complexity index is 703. The van der Waals surface area contributed by atoms with Gasteiger partial charge >= 0.3 is 6.18 Å². The van der Waals surface area contributed by atoms with Crippen LogP contribution in [0.25, 0.3) is 0 Å². The molecule has 1 heterocycles. The number of hydrogen-bond acceptors (Lipinski definition) is 3. The number of hydrogen-bond donors (Lipinski definition) is 0. The molecule has 0 aliphatic heterocycles. The van der Waals surface area contributed by atoms with Crippen LogP contribution in [0.1, 0.15) is 29.2 Å². The third-order valence-electron chi connectivity index (χ3n) is 3.38. The van der Waals surface area contributed by atoms with Crippen LogP contribution in [0.4, 0.5) is 13.2 Å². The number of aromatic nitrogens is 1. The topological polar surface area (TPSA) is 53.8 Å². The quantitative estimate of drug-likeness (QED) is 0.840. The van der Waals surface area contributed by atoms with E-state index < -0.39 is 17.7 Å². The van der Waals surface area contributed by atoms with Crippen molar-refractivity contribution in [3.8, 4) is 6.07 Å². The molecule has 23 heavy (non-hydrogen) atoms. The van der Waals surface area contributed by atoms with Gasteiger partial charge in [-0.1, -0.05) is 18.2 Å². The number of Topliss-reactive ketones (excluding diaryl/α,β-unsaturated/α-hetero) is 1. The molecule has 2 rings (SSSR count). The van der Waals surface area contributed by atoms with Crippen molar-refractivity contribution in [2.45, 2.75) is 24.9 Å². The molecule has 0 amide bonds. The zero-order chi connectivity index (χ0) is 16.9. The molecule has 2 aromatic rings. The Kier molecular flexibility index (Phi) is 5.12. The van der Waals surface area contributed by atoms with Gasteiger partial charge in [0.25, 0.3) is 0 Å². The zero-order valence-electron chi connectivity index (χ0n) is 12.0. The molecule has 6 heteroatoms. The molecule has 0 bridgehead atoms. The summed E-state index contributed by atoms with van der Waals surface area (Å²) in [5.41, 5.74) is 0.271. The van der Waals surface area contributed by atoms with Crippen molar-refractivity contribution < 1.29 is 18.0 Å². The summed E-state index contributed by atoms with van der Waals surface area (Å²) in [6.07, 6.45) is -2.52. The molecule has 0 N–H and O–H groups in total. The maximum absolute atomic E-state index is 12.5. The van der Waals surface area contributed by atoms with Gasteiger partial charge in [-0.25, -0.2) is 0 Å². The highest BCUT2D eigenvalue weighted by Crippen LogP contribution is 2.29. The molecule has 1 atom stereocenters.